The molecule has 6 heteroatoms. The second kappa shape index (κ2) is 7.92. The standard InChI is InChI=1S/C12H22N2O4/c1-14-11(15)10(18-12(13)16)4-2-3-9-5-7-17-8-6-9/h9-10H,2-8H2,1H3,(H2,13,16)(H,14,15). The Labute approximate surface area is 107 Å². The number of nitrogens with two attached hydrogens (primary N) is 1. The van der Waals surface area contributed by atoms with Crippen molar-refractivity contribution in [3.8, 4) is 0 Å². The normalized spacial score (nSPS) is 18.1. The van der Waals surface area contributed by atoms with Crippen LogP contribution in [0.25, 0.3) is 0 Å². The van der Waals surface area contributed by atoms with Crippen LogP contribution in [0.4, 0.5) is 4.79 Å². The zero-order valence-corrected chi connectivity index (χ0v) is 10.8. The zero-order chi connectivity index (χ0) is 13.4. The molecule has 0 aliphatic carbocycles. The van der Waals surface area contributed by atoms with Crippen LogP contribution in [0.1, 0.15) is 32.1 Å². The fourth-order valence-corrected chi connectivity index (χ4v) is 2.17. The molecule has 1 unspecified atom stereocenters. The first kappa shape index (κ1) is 14.8. The van der Waals surface area contributed by atoms with Crippen molar-refractivity contribution >= 4 is 12.0 Å². The first-order chi connectivity index (χ1) is 8.63. The van der Waals surface area contributed by atoms with E-state index in [1.54, 1.807) is 0 Å². The number of ether oxygens (including phenoxy) is 2. The van der Waals surface area contributed by atoms with E-state index in [2.05, 4.69) is 5.32 Å². The fourth-order valence-electron chi connectivity index (χ4n) is 2.17. The molecule has 18 heavy (non-hydrogen) atoms. The molecule has 0 spiro atoms. The number of likely N-dealkylation sites (N-methyl/N-ethyl adjacent to an activating group) is 1. The maximum Gasteiger partial charge on any atom is 0.405 e. The lowest BCUT2D eigenvalue weighted by Crippen LogP contribution is -2.37. The highest BCUT2D eigenvalue weighted by atomic mass is 16.6. The first-order valence-corrected chi connectivity index (χ1v) is 6.39. The van der Waals surface area contributed by atoms with Crippen LogP contribution in [-0.4, -0.2) is 38.4 Å². The summed E-state index contributed by atoms with van der Waals surface area (Å²) in [6, 6.07) is 0. The SMILES string of the molecule is CNC(=O)C(CCCC1CCOCC1)OC(N)=O. The number of carbonyl (C=O) groups excluding carboxylic acids is 2. The number of carbonyl (C=O) groups is 2. The average Bonchev–Trinajstić information content (AvgIpc) is 2.37. The van der Waals surface area contributed by atoms with Crippen LogP contribution in [0.2, 0.25) is 0 Å². The van der Waals surface area contributed by atoms with Gasteiger partial charge in [-0.3, -0.25) is 4.79 Å². The van der Waals surface area contributed by atoms with Gasteiger partial charge in [0.2, 0.25) is 0 Å². The molecular formula is C12H22N2O4. The first-order valence-electron chi connectivity index (χ1n) is 6.39. The van der Waals surface area contributed by atoms with Gasteiger partial charge in [-0.1, -0.05) is 6.42 Å². The summed E-state index contributed by atoms with van der Waals surface area (Å²) in [5, 5.41) is 2.47. The Balaban J connectivity index is 2.27. The van der Waals surface area contributed by atoms with Gasteiger partial charge in [0.25, 0.3) is 5.91 Å². The van der Waals surface area contributed by atoms with Crippen molar-refractivity contribution in [3.05, 3.63) is 0 Å². The van der Waals surface area contributed by atoms with Crippen LogP contribution in [-0.2, 0) is 14.3 Å². The number of hydrogen-bond acceptors (Lipinski definition) is 4. The third kappa shape index (κ3) is 5.35. The molecule has 0 bridgehead atoms. The Morgan fingerprint density at radius 3 is 2.67 bits per heavy atom. The molecule has 0 aromatic carbocycles. The Morgan fingerprint density at radius 2 is 2.11 bits per heavy atom. The van der Waals surface area contributed by atoms with Crippen LogP contribution in [0.15, 0.2) is 0 Å². The molecule has 0 aromatic heterocycles. The zero-order valence-electron chi connectivity index (χ0n) is 10.8. The smallest absolute Gasteiger partial charge is 0.405 e. The molecule has 0 saturated carbocycles. The van der Waals surface area contributed by atoms with Crippen molar-refractivity contribution in [2.45, 2.75) is 38.2 Å². The maximum atomic E-state index is 11.5. The molecule has 6 nitrogen and oxygen atoms in total. The molecule has 2 amide bonds. The molecule has 1 heterocycles. The molecule has 0 aromatic rings. The van der Waals surface area contributed by atoms with Crippen molar-refractivity contribution in [3.63, 3.8) is 0 Å². The summed E-state index contributed by atoms with van der Waals surface area (Å²) in [6.45, 7) is 1.64. The van der Waals surface area contributed by atoms with E-state index in [-0.39, 0.29) is 5.91 Å². The predicted molar refractivity (Wildman–Crippen MR) is 65.9 cm³/mol. The number of hydrogen-bond donors (Lipinski definition) is 2. The lowest BCUT2D eigenvalue weighted by Gasteiger charge is -2.22. The van der Waals surface area contributed by atoms with Crippen molar-refractivity contribution in [2.24, 2.45) is 11.7 Å². The van der Waals surface area contributed by atoms with E-state index in [4.69, 9.17) is 15.2 Å². The second-order valence-corrected chi connectivity index (χ2v) is 4.53. The fraction of sp³-hybridized carbons (Fsp3) is 0.833. The van der Waals surface area contributed by atoms with Crippen molar-refractivity contribution in [1.82, 2.24) is 5.32 Å². The predicted octanol–water partition coefficient (Wildman–Crippen LogP) is 0.793. The van der Waals surface area contributed by atoms with Crippen LogP contribution in [0, 0.1) is 5.92 Å². The van der Waals surface area contributed by atoms with Crippen LogP contribution < -0.4 is 11.1 Å². The Morgan fingerprint density at radius 1 is 1.44 bits per heavy atom. The van der Waals surface area contributed by atoms with Gasteiger partial charge in [-0.2, -0.15) is 0 Å². The highest BCUT2D eigenvalue weighted by molar-refractivity contribution is 5.82. The minimum absolute atomic E-state index is 0.305. The van der Waals surface area contributed by atoms with E-state index in [1.807, 2.05) is 0 Å². The lowest BCUT2D eigenvalue weighted by atomic mass is 9.93. The van der Waals surface area contributed by atoms with E-state index in [0.717, 1.165) is 38.9 Å². The van der Waals surface area contributed by atoms with Crippen LogP contribution >= 0.6 is 0 Å². The average molecular weight is 258 g/mol. The van der Waals surface area contributed by atoms with E-state index in [0.29, 0.717) is 12.3 Å². The lowest BCUT2D eigenvalue weighted by molar-refractivity contribution is -0.129. The number of nitrogens with one attached hydrogen (secondary N) is 1. The largest absolute Gasteiger partial charge is 0.436 e. The van der Waals surface area contributed by atoms with Gasteiger partial charge in [-0.05, 0) is 31.6 Å². The van der Waals surface area contributed by atoms with Crippen molar-refractivity contribution < 1.29 is 19.1 Å². The molecule has 1 fully saturated rings. The minimum atomic E-state index is -0.908. The second-order valence-electron chi connectivity index (χ2n) is 4.53. The van der Waals surface area contributed by atoms with Gasteiger partial charge < -0.3 is 20.5 Å². The molecule has 1 aliphatic rings. The summed E-state index contributed by atoms with van der Waals surface area (Å²) < 4.78 is 10.1. The third-order valence-corrected chi connectivity index (χ3v) is 3.22. The summed E-state index contributed by atoms with van der Waals surface area (Å²) in [6.07, 6.45) is 2.85. The summed E-state index contributed by atoms with van der Waals surface area (Å²) in [5.41, 5.74) is 4.94. The van der Waals surface area contributed by atoms with Crippen LogP contribution in [0.3, 0.4) is 0 Å². The van der Waals surface area contributed by atoms with Crippen molar-refractivity contribution in [1.29, 1.82) is 0 Å². The van der Waals surface area contributed by atoms with Crippen molar-refractivity contribution in [2.75, 3.05) is 20.3 Å². The summed E-state index contributed by atoms with van der Waals surface area (Å²) in [5.74, 6) is 0.346. The number of amides is 2. The van der Waals surface area contributed by atoms with E-state index >= 15 is 0 Å². The Hall–Kier alpha value is -1.30. The van der Waals surface area contributed by atoms with Gasteiger partial charge >= 0.3 is 6.09 Å². The molecule has 1 saturated heterocycles. The van der Waals surface area contributed by atoms with Gasteiger partial charge in [0.1, 0.15) is 0 Å². The maximum absolute atomic E-state index is 11.5. The third-order valence-electron chi connectivity index (χ3n) is 3.22. The highest BCUT2D eigenvalue weighted by Crippen LogP contribution is 2.21. The Bertz CT molecular complexity index is 277. The Kier molecular flexibility index (Phi) is 6.49. The van der Waals surface area contributed by atoms with Gasteiger partial charge in [-0.15, -0.1) is 0 Å². The molecule has 0 radical (unpaired) electrons. The minimum Gasteiger partial charge on any atom is -0.436 e. The van der Waals surface area contributed by atoms with E-state index < -0.39 is 12.2 Å². The topological polar surface area (TPSA) is 90.7 Å². The summed E-state index contributed by atoms with van der Waals surface area (Å²) in [4.78, 5) is 22.2. The monoisotopic (exact) mass is 258 g/mol. The van der Waals surface area contributed by atoms with Gasteiger partial charge in [0.05, 0.1) is 0 Å². The quantitative estimate of drug-likeness (QED) is 0.737. The van der Waals surface area contributed by atoms with Gasteiger partial charge in [0.15, 0.2) is 6.10 Å². The summed E-state index contributed by atoms with van der Waals surface area (Å²) in [7, 11) is 1.51. The molecule has 104 valence electrons. The molecule has 1 atom stereocenters. The number of primary amides is 1. The molecule has 1 rings (SSSR count). The van der Waals surface area contributed by atoms with E-state index in [9.17, 15) is 9.59 Å². The number of rotatable bonds is 6. The summed E-state index contributed by atoms with van der Waals surface area (Å²) >= 11 is 0. The highest BCUT2D eigenvalue weighted by Gasteiger charge is 2.21. The molecular weight excluding hydrogens is 236 g/mol. The van der Waals surface area contributed by atoms with Crippen LogP contribution in [0.5, 0.6) is 0 Å². The van der Waals surface area contributed by atoms with Gasteiger partial charge in [-0.25, -0.2) is 4.79 Å². The van der Waals surface area contributed by atoms with E-state index in [1.165, 1.54) is 7.05 Å². The molecule has 3 N–H and O–H groups in total. The molecule has 1 aliphatic heterocycles. The van der Waals surface area contributed by atoms with Gasteiger partial charge in [0, 0.05) is 20.3 Å².